The lowest BCUT2D eigenvalue weighted by molar-refractivity contribution is -0.146. The molecular formula is C20H31NO4S. The number of esters is 1. The lowest BCUT2D eigenvalue weighted by atomic mass is 9.99. The Labute approximate surface area is 161 Å². The Hall–Kier alpha value is -1.08. The van der Waals surface area contributed by atoms with Gasteiger partial charge in [0.2, 0.25) is 0 Å². The first-order valence-corrected chi connectivity index (χ1v) is 10.1. The molecule has 0 unspecified atom stereocenters. The van der Waals surface area contributed by atoms with Crippen molar-refractivity contribution >= 4 is 17.9 Å². The summed E-state index contributed by atoms with van der Waals surface area (Å²) in [6.45, 7) is 9.41. The molecule has 5 nitrogen and oxygen atoms in total. The van der Waals surface area contributed by atoms with E-state index in [1.54, 1.807) is 18.0 Å². The van der Waals surface area contributed by atoms with Crippen LogP contribution in [0.5, 0.6) is 0 Å². The van der Waals surface area contributed by atoms with E-state index in [-0.39, 0.29) is 12.1 Å². The molecule has 6 heteroatoms. The SMILES string of the molecule is C=C/C=C\C(=C/C)COC1CCN(SC2(C(=O)OC)CCOCC2)CC1. The molecule has 2 heterocycles. The molecule has 0 aromatic heterocycles. The summed E-state index contributed by atoms with van der Waals surface area (Å²) in [6, 6.07) is 0. The highest BCUT2D eigenvalue weighted by atomic mass is 32.2. The maximum absolute atomic E-state index is 12.4. The smallest absolute Gasteiger partial charge is 0.323 e. The van der Waals surface area contributed by atoms with E-state index in [4.69, 9.17) is 14.2 Å². The summed E-state index contributed by atoms with van der Waals surface area (Å²) in [5.41, 5.74) is 1.16. The number of methoxy groups -OCH3 is 1. The Morgan fingerprint density at radius 2 is 2.04 bits per heavy atom. The van der Waals surface area contributed by atoms with Crippen LogP contribution in [0.2, 0.25) is 0 Å². The highest BCUT2D eigenvalue weighted by molar-refractivity contribution is 7.99. The molecule has 0 atom stereocenters. The first-order valence-electron chi connectivity index (χ1n) is 9.29. The summed E-state index contributed by atoms with van der Waals surface area (Å²) in [5, 5.41) is 0. The van der Waals surface area contributed by atoms with Crippen LogP contribution in [0.25, 0.3) is 0 Å². The number of allylic oxidation sites excluding steroid dienone is 3. The normalized spacial score (nSPS) is 22.5. The second-order valence-corrected chi connectivity index (χ2v) is 8.07. The summed E-state index contributed by atoms with van der Waals surface area (Å²) in [6.07, 6.45) is 11.4. The minimum Gasteiger partial charge on any atom is -0.468 e. The molecule has 0 spiro atoms. The van der Waals surface area contributed by atoms with Crippen molar-refractivity contribution in [2.24, 2.45) is 0 Å². The molecular weight excluding hydrogens is 350 g/mol. The van der Waals surface area contributed by atoms with Crippen molar-refractivity contribution in [2.45, 2.75) is 43.5 Å². The standard InChI is InChI=1S/C20H31NO4S/c1-4-6-7-17(5-2)16-25-18-8-12-21(13-9-18)26-20(19(22)23-3)10-14-24-15-11-20/h4-7,18H,1,8-16H2,2-3H3/b7-6-,17-5+. The molecule has 0 aliphatic carbocycles. The van der Waals surface area contributed by atoms with Crippen LogP contribution in [0.4, 0.5) is 0 Å². The summed E-state index contributed by atoms with van der Waals surface area (Å²) >= 11 is 1.65. The summed E-state index contributed by atoms with van der Waals surface area (Å²) < 4.78 is 18.4. The van der Waals surface area contributed by atoms with Crippen LogP contribution < -0.4 is 0 Å². The van der Waals surface area contributed by atoms with Gasteiger partial charge in [-0.3, -0.25) is 4.79 Å². The average molecular weight is 382 g/mol. The van der Waals surface area contributed by atoms with Crippen molar-refractivity contribution in [3.8, 4) is 0 Å². The Bertz CT molecular complexity index is 518. The zero-order valence-electron chi connectivity index (χ0n) is 15.9. The van der Waals surface area contributed by atoms with Gasteiger partial charge in [0.25, 0.3) is 0 Å². The van der Waals surface area contributed by atoms with E-state index in [0.29, 0.717) is 32.7 Å². The van der Waals surface area contributed by atoms with Gasteiger partial charge in [-0.05, 0) is 38.2 Å². The molecule has 2 rings (SSSR count). The highest BCUT2D eigenvalue weighted by Crippen LogP contribution is 2.40. The molecule has 2 saturated heterocycles. The topological polar surface area (TPSA) is 48.0 Å². The molecule has 0 bridgehead atoms. The fourth-order valence-corrected chi connectivity index (χ4v) is 4.59. The second-order valence-electron chi connectivity index (χ2n) is 6.59. The number of nitrogens with zero attached hydrogens (tertiary/aromatic N) is 1. The molecule has 0 aromatic carbocycles. The average Bonchev–Trinajstić information content (AvgIpc) is 2.69. The van der Waals surface area contributed by atoms with Gasteiger partial charge in [0.1, 0.15) is 4.75 Å². The fraction of sp³-hybridized carbons (Fsp3) is 0.650. The highest BCUT2D eigenvalue weighted by Gasteiger charge is 2.44. The number of piperidine rings is 1. The molecule has 0 amide bonds. The number of carbonyl (C=O) groups is 1. The number of rotatable bonds is 8. The van der Waals surface area contributed by atoms with E-state index < -0.39 is 4.75 Å². The van der Waals surface area contributed by atoms with Crippen molar-refractivity contribution < 1.29 is 19.0 Å². The van der Waals surface area contributed by atoms with Crippen LogP contribution in [-0.4, -0.2) is 61.1 Å². The first kappa shape index (κ1) is 21.2. The number of carbonyl (C=O) groups excluding carboxylic acids is 1. The van der Waals surface area contributed by atoms with Crippen molar-refractivity contribution in [3.05, 3.63) is 36.5 Å². The predicted octanol–water partition coefficient (Wildman–Crippen LogP) is 3.53. The molecule has 0 aromatic rings. The lowest BCUT2D eigenvalue weighted by Crippen LogP contribution is -2.46. The predicted molar refractivity (Wildman–Crippen MR) is 106 cm³/mol. The molecule has 146 valence electrons. The minimum atomic E-state index is -0.492. The molecule has 2 fully saturated rings. The maximum Gasteiger partial charge on any atom is 0.323 e. The largest absolute Gasteiger partial charge is 0.468 e. The quantitative estimate of drug-likeness (QED) is 0.364. The van der Waals surface area contributed by atoms with Crippen molar-refractivity contribution in [1.29, 1.82) is 0 Å². The second kappa shape index (κ2) is 10.9. The zero-order chi connectivity index (χ0) is 18.8. The van der Waals surface area contributed by atoms with E-state index in [0.717, 1.165) is 31.5 Å². The molecule has 0 radical (unpaired) electrons. The van der Waals surface area contributed by atoms with Gasteiger partial charge in [-0.1, -0.05) is 42.8 Å². The van der Waals surface area contributed by atoms with Crippen molar-refractivity contribution in [1.82, 2.24) is 4.31 Å². The third kappa shape index (κ3) is 5.98. The molecule has 0 N–H and O–H groups in total. The Morgan fingerprint density at radius 3 is 2.62 bits per heavy atom. The van der Waals surface area contributed by atoms with Gasteiger partial charge in [0.05, 0.1) is 19.8 Å². The van der Waals surface area contributed by atoms with Gasteiger partial charge in [-0.25, -0.2) is 4.31 Å². The summed E-state index contributed by atoms with van der Waals surface area (Å²) in [5.74, 6) is -0.129. The van der Waals surface area contributed by atoms with Crippen LogP contribution in [0.15, 0.2) is 36.5 Å². The molecule has 26 heavy (non-hydrogen) atoms. The molecule has 0 saturated carbocycles. The monoisotopic (exact) mass is 381 g/mol. The lowest BCUT2D eigenvalue weighted by Gasteiger charge is -2.39. The fourth-order valence-electron chi connectivity index (χ4n) is 3.19. The minimum absolute atomic E-state index is 0.129. The van der Waals surface area contributed by atoms with Crippen LogP contribution in [-0.2, 0) is 19.0 Å². The maximum atomic E-state index is 12.4. The van der Waals surface area contributed by atoms with Crippen molar-refractivity contribution in [2.75, 3.05) is 40.0 Å². The Balaban J connectivity index is 1.81. The van der Waals surface area contributed by atoms with E-state index in [9.17, 15) is 4.79 Å². The van der Waals surface area contributed by atoms with E-state index >= 15 is 0 Å². The van der Waals surface area contributed by atoms with Crippen LogP contribution in [0, 0.1) is 0 Å². The van der Waals surface area contributed by atoms with E-state index in [2.05, 4.69) is 17.0 Å². The zero-order valence-corrected chi connectivity index (χ0v) is 16.8. The number of hydrogen-bond acceptors (Lipinski definition) is 6. The van der Waals surface area contributed by atoms with Gasteiger partial charge in [0.15, 0.2) is 0 Å². The van der Waals surface area contributed by atoms with Gasteiger partial charge in [-0.2, -0.15) is 0 Å². The van der Waals surface area contributed by atoms with Gasteiger partial charge < -0.3 is 14.2 Å². The number of ether oxygens (including phenoxy) is 3. The number of hydrogen-bond donors (Lipinski definition) is 0. The van der Waals surface area contributed by atoms with E-state index in [1.165, 1.54) is 7.11 Å². The first-order chi connectivity index (χ1) is 12.6. The summed E-state index contributed by atoms with van der Waals surface area (Å²) in [7, 11) is 1.47. The third-order valence-electron chi connectivity index (χ3n) is 4.87. The van der Waals surface area contributed by atoms with Gasteiger partial charge in [0, 0.05) is 26.3 Å². The molecule has 2 aliphatic rings. The van der Waals surface area contributed by atoms with Crippen LogP contribution >= 0.6 is 11.9 Å². The molecule has 2 aliphatic heterocycles. The Kier molecular flexibility index (Phi) is 8.91. The van der Waals surface area contributed by atoms with E-state index in [1.807, 2.05) is 19.1 Å². The summed E-state index contributed by atoms with van der Waals surface area (Å²) in [4.78, 5) is 12.4. The Morgan fingerprint density at radius 1 is 1.35 bits per heavy atom. The van der Waals surface area contributed by atoms with Gasteiger partial charge in [-0.15, -0.1) is 0 Å². The third-order valence-corrected chi connectivity index (χ3v) is 6.41. The van der Waals surface area contributed by atoms with Crippen molar-refractivity contribution in [3.63, 3.8) is 0 Å². The van der Waals surface area contributed by atoms with Gasteiger partial charge >= 0.3 is 5.97 Å². The van der Waals surface area contributed by atoms with Crippen LogP contribution in [0.1, 0.15) is 32.6 Å². The van der Waals surface area contributed by atoms with Crippen LogP contribution in [0.3, 0.4) is 0 Å².